The fourth-order valence-corrected chi connectivity index (χ4v) is 3.51. The third-order valence-corrected chi connectivity index (χ3v) is 5.16. The van der Waals surface area contributed by atoms with E-state index in [-0.39, 0.29) is 5.91 Å². The van der Waals surface area contributed by atoms with E-state index in [1.54, 1.807) is 7.11 Å². The number of nitrogens with one attached hydrogen (secondary N) is 1. The number of nitrogens with zero attached hydrogens (tertiary/aromatic N) is 2. The molecule has 1 aromatic heterocycles. The first-order chi connectivity index (χ1) is 11.1. The number of ether oxygens (including phenoxy) is 1. The molecule has 0 saturated heterocycles. The summed E-state index contributed by atoms with van der Waals surface area (Å²) in [5.74, 6) is 0.785. The van der Waals surface area contributed by atoms with Gasteiger partial charge in [-0.25, -0.2) is 4.98 Å². The summed E-state index contributed by atoms with van der Waals surface area (Å²) in [5, 5.41) is 3.45. The van der Waals surface area contributed by atoms with Crippen molar-refractivity contribution >= 4 is 5.91 Å². The minimum atomic E-state index is 0.145. The highest BCUT2D eigenvalue weighted by Gasteiger charge is 2.35. The lowest BCUT2D eigenvalue weighted by molar-refractivity contribution is 0.0706. The number of carbonyl (C=O) groups excluding carboxylic acids is 1. The van der Waals surface area contributed by atoms with E-state index >= 15 is 0 Å². The quantitative estimate of drug-likeness (QED) is 0.876. The third-order valence-electron chi connectivity index (χ3n) is 5.16. The van der Waals surface area contributed by atoms with Crippen molar-refractivity contribution in [2.75, 3.05) is 7.11 Å². The third kappa shape index (κ3) is 3.20. The summed E-state index contributed by atoms with van der Waals surface area (Å²) < 4.78 is 5.45. The van der Waals surface area contributed by atoms with Gasteiger partial charge in [0.25, 0.3) is 5.91 Å². The van der Waals surface area contributed by atoms with Crippen molar-refractivity contribution in [1.29, 1.82) is 0 Å². The van der Waals surface area contributed by atoms with Crippen LogP contribution in [0.5, 0.6) is 5.88 Å². The summed E-state index contributed by atoms with van der Waals surface area (Å²) in [6, 6.07) is 2.80. The number of rotatable bonds is 6. The number of amides is 1. The van der Waals surface area contributed by atoms with Gasteiger partial charge >= 0.3 is 0 Å². The first-order valence-corrected chi connectivity index (χ1v) is 8.75. The van der Waals surface area contributed by atoms with Crippen LogP contribution in [-0.2, 0) is 13.1 Å². The van der Waals surface area contributed by atoms with Crippen molar-refractivity contribution in [3.8, 4) is 5.88 Å². The second-order valence-corrected chi connectivity index (χ2v) is 6.71. The summed E-state index contributed by atoms with van der Waals surface area (Å²) in [6.45, 7) is 5.61. The van der Waals surface area contributed by atoms with Gasteiger partial charge in [0.05, 0.1) is 24.9 Å². The first-order valence-electron chi connectivity index (χ1n) is 8.75. The SMILES string of the molecule is CC[C@@H](C)NCc1cc2c(nc1OC)CN(C1CCCC1)C2=O. The molecule has 1 amide bonds. The van der Waals surface area contributed by atoms with Gasteiger partial charge in [0.15, 0.2) is 0 Å². The van der Waals surface area contributed by atoms with Crippen LogP contribution in [0.15, 0.2) is 6.07 Å². The molecule has 0 bridgehead atoms. The van der Waals surface area contributed by atoms with Crippen molar-refractivity contribution in [3.63, 3.8) is 0 Å². The van der Waals surface area contributed by atoms with Gasteiger partial charge in [-0.15, -0.1) is 0 Å². The van der Waals surface area contributed by atoms with Crippen LogP contribution in [0.3, 0.4) is 0 Å². The summed E-state index contributed by atoms with van der Waals surface area (Å²) in [6.07, 6.45) is 5.77. The number of hydrogen-bond donors (Lipinski definition) is 1. The van der Waals surface area contributed by atoms with E-state index in [2.05, 4.69) is 24.1 Å². The molecule has 0 unspecified atom stereocenters. The maximum absolute atomic E-state index is 12.8. The van der Waals surface area contributed by atoms with E-state index in [4.69, 9.17) is 4.74 Å². The van der Waals surface area contributed by atoms with Crippen molar-refractivity contribution in [3.05, 3.63) is 22.9 Å². The van der Waals surface area contributed by atoms with E-state index in [0.29, 0.717) is 31.1 Å². The fraction of sp³-hybridized carbons (Fsp3) is 0.667. The summed E-state index contributed by atoms with van der Waals surface area (Å²) in [4.78, 5) is 19.4. The molecule has 0 radical (unpaired) electrons. The summed E-state index contributed by atoms with van der Waals surface area (Å²) >= 11 is 0. The molecule has 2 aliphatic rings. The zero-order valence-corrected chi connectivity index (χ0v) is 14.4. The maximum atomic E-state index is 12.8. The molecule has 23 heavy (non-hydrogen) atoms. The van der Waals surface area contributed by atoms with Gasteiger partial charge in [0, 0.05) is 24.2 Å². The van der Waals surface area contributed by atoms with Crippen molar-refractivity contribution in [2.45, 2.75) is 71.1 Å². The Hall–Kier alpha value is -1.62. The zero-order valence-electron chi connectivity index (χ0n) is 14.4. The average molecular weight is 317 g/mol. The number of fused-ring (bicyclic) bond motifs is 1. The Bertz CT molecular complexity index is 582. The molecule has 126 valence electrons. The van der Waals surface area contributed by atoms with E-state index in [9.17, 15) is 4.79 Å². The van der Waals surface area contributed by atoms with Gasteiger partial charge in [0.2, 0.25) is 5.88 Å². The summed E-state index contributed by atoms with van der Waals surface area (Å²) in [7, 11) is 1.65. The lowest BCUT2D eigenvalue weighted by Crippen LogP contribution is -2.33. The largest absolute Gasteiger partial charge is 0.481 e. The first kappa shape index (κ1) is 16.2. The number of hydrogen-bond acceptors (Lipinski definition) is 4. The monoisotopic (exact) mass is 317 g/mol. The molecule has 1 N–H and O–H groups in total. The van der Waals surface area contributed by atoms with Gasteiger partial charge in [-0.3, -0.25) is 4.79 Å². The highest BCUT2D eigenvalue weighted by molar-refractivity contribution is 5.98. The fourth-order valence-electron chi connectivity index (χ4n) is 3.51. The van der Waals surface area contributed by atoms with Crippen LogP contribution in [0.1, 0.15) is 67.6 Å². The molecule has 1 atom stereocenters. The summed E-state index contributed by atoms with van der Waals surface area (Å²) in [5.41, 5.74) is 2.60. The molecule has 1 aromatic rings. The van der Waals surface area contributed by atoms with E-state index < -0.39 is 0 Å². The van der Waals surface area contributed by atoms with Crippen LogP contribution in [-0.4, -0.2) is 35.0 Å². The molecule has 3 rings (SSSR count). The maximum Gasteiger partial charge on any atom is 0.256 e. The Morgan fingerprint density at radius 3 is 2.83 bits per heavy atom. The lowest BCUT2D eigenvalue weighted by Gasteiger charge is -2.22. The molecular formula is C18H27N3O2. The number of methoxy groups -OCH3 is 1. The normalized spacial score (nSPS) is 19.3. The lowest BCUT2D eigenvalue weighted by atomic mass is 10.1. The molecule has 0 aromatic carbocycles. The number of pyridine rings is 1. The number of aromatic nitrogens is 1. The smallest absolute Gasteiger partial charge is 0.256 e. The molecule has 5 heteroatoms. The highest BCUT2D eigenvalue weighted by atomic mass is 16.5. The van der Waals surface area contributed by atoms with Crippen LogP contribution in [0.4, 0.5) is 0 Å². The Labute approximate surface area is 138 Å². The van der Waals surface area contributed by atoms with Gasteiger partial charge in [-0.1, -0.05) is 19.8 Å². The van der Waals surface area contributed by atoms with Crippen molar-refractivity contribution in [1.82, 2.24) is 15.2 Å². The molecule has 1 saturated carbocycles. The predicted molar refractivity (Wildman–Crippen MR) is 89.5 cm³/mol. The van der Waals surface area contributed by atoms with Gasteiger partial charge < -0.3 is 15.0 Å². The van der Waals surface area contributed by atoms with E-state index in [1.165, 1.54) is 12.8 Å². The Morgan fingerprint density at radius 1 is 1.43 bits per heavy atom. The highest BCUT2D eigenvalue weighted by Crippen LogP contribution is 2.33. The topological polar surface area (TPSA) is 54.5 Å². The van der Waals surface area contributed by atoms with E-state index in [1.807, 2.05) is 11.0 Å². The van der Waals surface area contributed by atoms with Gasteiger partial charge in [-0.2, -0.15) is 0 Å². The zero-order chi connectivity index (χ0) is 16.4. The van der Waals surface area contributed by atoms with Gasteiger partial charge in [-0.05, 0) is 32.3 Å². The standard InChI is InChI=1S/C18H27N3O2/c1-4-12(2)19-10-13-9-15-16(20-17(13)23-3)11-21(18(15)22)14-7-5-6-8-14/h9,12,14,19H,4-8,10-11H2,1-3H3/t12-/m1/s1. The van der Waals surface area contributed by atoms with Crippen LogP contribution < -0.4 is 10.1 Å². The van der Waals surface area contributed by atoms with Gasteiger partial charge in [0.1, 0.15) is 0 Å². The Morgan fingerprint density at radius 2 is 2.17 bits per heavy atom. The second-order valence-electron chi connectivity index (χ2n) is 6.71. The van der Waals surface area contributed by atoms with Crippen molar-refractivity contribution < 1.29 is 9.53 Å². The molecule has 1 aliphatic carbocycles. The van der Waals surface area contributed by atoms with Crippen LogP contribution in [0.25, 0.3) is 0 Å². The molecular weight excluding hydrogens is 290 g/mol. The number of carbonyl (C=O) groups is 1. The van der Waals surface area contributed by atoms with Crippen LogP contribution in [0, 0.1) is 0 Å². The molecule has 1 aliphatic heterocycles. The minimum Gasteiger partial charge on any atom is -0.481 e. The molecule has 5 nitrogen and oxygen atoms in total. The Kier molecular flexibility index (Phi) is 4.85. The predicted octanol–water partition coefficient (Wildman–Crippen LogP) is 2.88. The molecule has 2 heterocycles. The van der Waals surface area contributed by atoms with Crippen molar-refractivity contribution in [2.24, 2.45) is 0 Å². The minimum absolute atomic E-state index is 0.145. The molecule has 0 spiro atoms. The average Bonchev–Trinajstić information content (AvgIpc) is 3.20. The molecule has 1 fully saturated rings. The van der Waals surface area contributed by atoms with Crippen LogP contribution in [0.2, 0.25) is 0 Å². The second kappa shape index (κ2) is 6.87. The van der Waals surface area contributed by atoms with Crippen LogP contribution >= 0.6 is 0 Å². The Balaban J connectivity index is 1.82. The van der Waals surface area contributed by atoms with E-state index in [0.717, 1.165) is 36.1 Å².